The number of aromatic nitrogens is 1. The Morgan fingerprint density at radius 1 is 1.17 bits per heavy atom. The molecule has 0 radical (unpaired) electrons. The van der Waals surface area contributed by atoms with Crippen molar-refractivity contribution >= 4 is 10.9 Å². The van der Waals surface area contributed by atoms with Crippen LogP contribution in [0.1, 0.15) is 25.5 Å². The standard InChI is InChI=1S/C15H20N2O/c1-10(2)15(18-3)13(16)12-8-4-6-11-7-5-9-17-14(11)12/h4-10,13,15H,16H2,1-3H3. The van der Waals surface area contributed by atoms with Crippen LogP contribution in [0.5, 0.6) is 0 Å². The average molecular weight is 244 g/mol. The molecule has 0 aliphatic carbocycles. The maximum Gasteiger partial charge on any atom is 0.0787 e. The van der Waals surface area contributed by atoms with E-state index in [2.05, 4.69) is 31.0 Å². The van der Waals surface area contributed by atoms with Gasteiger partial charge in [-0.2, -0.15) is 0 Å². The van der Waals surface area contributed by atoms with Gasteiger partial charge in [0.05, 0.1) is 17.7 Å². The van der Waals surface area contributed by atoms with Crippen molar-refractivity contribution in [1.82, 2.24) is 4.98 Å². The molecule has 0 fully saturated rings. The van der Waals surface area contributed by atoms with Crippen molar-refractivity contribution < 1.29 is 4.74 Å². The predicted octanol–water partition coefficient (Wildman–Crippen LogP) is 2.91. The summed E-state index contributed by atoms with van der Waals surface area (Å²) in [6.45, 7) is 4.24. The van der Waals surface area contributed by atoms with Crippen molar-refractivity contribution in [2.75, 3.05) is 7.11 Å². The van der Waals surface area contributed by atoms with Crippen LogP contribution in [0, 0.1) is 5.92 Å². The second kappa shape index (κ2) is 5.46. The molecule has 96 valence electrons. The SMILES string of the molecule is COC(C(C)C)C(N)c1cccc2cccnc12. The fraction of sp³-hybridized carbons (Fsp3) is 0.400. The van der Waals surface area contributed by atoms with Crippen LogP contribution < -0.4 is 5.73 Å². The first kappa shape index (κ1) is 13.0. The van der Waals surface area contributed by atoms with E-state index in [1.165, 1.54) is 0 Å². The summed E-state index contributed by atoms with van der Waals surface area (Å²) < 4.78 is 5.52. The lowest BCUT2D eigenvalue weighted by atomic mass is 9.92. The van der Waals surface area contributed by atoms with E-state index < -0.39 is 0 Å². The molecular formula is C15H20N2O. The molecule has 0 aliphatic heterocycles. The van der Waals surface area contributed by atoms with Crippen molar-refractivity contribution in [3.63, 3.8) is 0 Å². The largest absolute Gasteiger partial charge is 0.379 e. The molecule has 0 bridgehead atoms. The van der Waals surface area contributed by atoms with E-state index in [0.29, 0.717) is 5.92 Å². The molecule has 0 saturated carbocycles. The van der Waals surface area contributed by atoms with Crippen LogP contribution in [-0.4, -0.2) is 18.2 Å². The molecule has 2 aromatic rings. The maximum atomic E-state index is 6.35. The van der Waals surface area contributed by atoms with Crippen LogP contribution in [-0.2, 0) is 4.74 Å². The normalized spacial score (nSPS) is 14.9. The number of fused-ring (bicyclic) bond motifs is 1. The molecule has 18 heavy (non-hydrogen) atoms. The topological polar surface area (TPSA) is 48.1 Å². The summed E-state index contributed by atoms with van der Waals surface area (Å²) in [4.78, 5) is 4.44. The summed E-state index contributed by atoms with van der Waals surface area (Å²) in [7, 11) is 1.71. The van der Waals surface area contributed by atoms with E-state index in [0.717, 1.165) is 16.5 Å². The molecule has 1 heterocycles. The lowest BCUT2D eigenvalue weighted by molar-refractivity contribution is 0.0440. The van der Waals surface area contributed by atoms with Crippen LogP contribution in [0.15, 0.2) is 36.5 Å². The number of hydrogen-bond acceptors (Lipinski definition) is 3. The van der Waals surface area contributed by atoms with Crippen molar-refractivity contribution in [1.29, 1.82) is 0 Å². The summed E-state index contributed by atoms with van der Waals surface area (Å²) in [6.07, 6.45) is 1.80. The number of para-hydroxylation sites is 1. The third kappa shape index (κ3) is 2.37. The van der Waals surface area contributed by atoms with Gasteiger partial charge < -0.3 is 10.5 Å². The van der Waals surface area contributed by atoms with Gasteiger partial charge in [-0.15, -0.1) is 0 Å². The molecule has 2 atom stereocenters. The highest BCUT2D eigenvalue weighted by molar-refractivity contribution is 5.82. The van der Waals surface area contributed by atoms with Gasteiger partial charge >= 0.3 is 0 Å². The second-order valence-electron chi connectivity index (χ2n) is 4.89. The Balaban J connectivity index is 2.47. The van der Waals surface area contributed by atoms with Gasteiger partial charge in [0.15, 0.2) is 0 Å². The molecule has 0 amide bonds. The number of nitrogens with zero attached hydrogens (tertiary/aromatic N) is 1. The predicted molar refractivity (Wildman–Crippen MR) is 74.3 cm³/mol. The van der Waals surface area contributed by atoms with Gasteiger partial charge in [0.2, 0.25) is 0 Å². The highest BCUT2D eigenvalue weighted by Gasteiger charge is 2.24. The average Bonchev–Trinajstić information content (AvgIpc) is 2.38. The molecule has 2 N–H and O–H groups in total. The first-order chi connectivity index (χ1) is 8.65. The summed E-state index contributed by atoms with van der Waals surface area (Å²) in [5.41, 5.74) is 8.37. The first-order valence-electron chi connectivity index (χ1n) is 6.27. The Kier molecular flexibility index (Phi) is 3.94. The molecule has 0 saturated heterocycles. The second-order valence-corrected chi connectivity index (χ2v) is 4.89. The van der Waals surface area contributed by atoms with Gasteiger partial charge in [-0.1, -0.05) is 38.1 Å². The third-order valence-corrected chi connectivity index (χ3v) is 3.31. The number of ether oxygens (including phenoxy) is 1. The Labute approximate surface area is 108 Å². The molecule has 2 unspecified atom stereocenters. The van der Waals surface area contributed by atoms with Crippen LogP contribution in [0.3, 0.4) is 0 Å². The molecule has 1 aromatic carbocycles. The quantitative estimate of drug-likeness (QED) is 0.899. The lowest BCUT2D eigenvalue weighted by Crippen LogP contribution is -2.32. The zero-order chi connectivity index (χ0) is 13.1. The summed E-state index contributed by atoms with van der Waals surface area (Å²) >= 11 is 0. The molecule has 0 aliphatic rings. The number of methoxy groups -OCH3 is 1. The summed E-state index contributed by atoms with van der Waals surface area (Å²) in [5.74, 6) is 0.365. The number of pyridine rings is 1. The van der Waals surface area contributed by atoms with E-state index in [1.807, 2.05) is 18.2 Å². The number of rotatable bonds is 4. The Morgan fingerprint density at radius 2 is 1.89 bits per heavy atom. The number of nitrogens with two attached hydrogens (primary N) is 1. The minimum absolute atomic E-state index is 0.00222. The van der Waals surface area contributed by atoms with Gasteiger partial charge in [-0.05, 0) is 17.5 Å². The van der Waals surface area contributed by atoms with Gasteiger partial charge in [-0.3, -0.25) is 4.98 Å². The van der Waals surface area contributed by atoms with Gasteiger partial charge in [0.1, 0.15) is 0 Å². The van der Waals surface area contributed by atoms with E-state index in [-0.39, 0.29) is 12.1 Å². The van der Waals surface area contributed by atoms with Crippen LogP contribution in [0.25, 0.3) is 10.9 Å². The smallest absolute Gasteiger partial charge is 0.0787 e. The fourth-order valence-electron chi connectivity index (χ4n) is 2.41. The zero-order valence-electron chi connectivity index (χ0n) is 11.1. The van der Waals surface area contributed by atoms with E-state index in [1.54, 1.807) is 13.3 Å². The Morgan fingerprint density at radius 3 is 2.56 bits per heavy atom. The third-order valence-electron chi connectivity index (χ3n) is 3.31. The first-order valence-corrected chi connectivity index (χ1v) is 6.27. The van der Waals surface area contributed by atoms with Gasteiger partial charge in [0, 0.05) is 18.7 Å². The van der Waals surface area contributed by atoms with Crippen molar-refractivity contribution in [3.8, 4) is 0 Å². The Bertz CT molecular complexity index is 519. The number of benzene rings is 1. The zero-order valence-corrected chi connectivity index (χ0v) is 11.1. The highest BCUT2D eigenvalue weighted by Crippen LogP contribution is 2.27. The van der Waals surface area contributed by atoms with Crippen LogP contribution >= 0.6 is 0 Å². The fourth-order valence-corrected chi connectivity index (χ4v) is 2.41. The van der Waals surface area contributed by atoms with Crippen molar-refractivity contribution in [2.45, 2.75) is 26.0 Å². The van der Waals surface area contributed by atoms with Crippen molar-refractivity contribution in [2.24, 2.45) is 11.7 Å². The van der Waals surface area contributed by atoms with Crippen LogP contribution in [0.4, 0.5) is 0 Å². The minimum Gasteiger partial charge on any atom is -0.379 e. The maximum absolute atomic E-state index is 6.35. The molecule has 2 rings (SSSR count). The van der Waals surface area contributed by atoms with E-state index in [9.17, 15) is 0 Å². The van der Waals surface area contributed by atoms with Crippen molar-refractivity contribution in [3.05, 3.63) is 42.1 Å². The molecule has 1 aromatic heterocycles. The Hall–Kier alpha value is -1.45. The summed E-state index contributed by atoms with van der Waals surface area (Å²) in [5, 5.41) is 1.11. The van der Waals surface area contributed by atoms with Gasteiger partial charge in [0.25, 0.3) is 0 Å². The van der Waals surface area contributed by atoms with Gasteiger partial charge in [-0.25, -0.2) is 0 Å². The number of hydrogen-bond donors (Lipinski definition) is 1. The molecule has 3 heteroatoms. The lowest BCUT2D eigenvalue weighted by Gasteiger charge is -2.26. The summed E-state index contributed by atoms with van der Waals surface area (Å²) in [6, 6.07) is 9.94. The highest BCUT2D eigenvalue weighted by atomic mass is 16.5. The molecular weight excluding hydrogens is 224 g/mol. The van der Waals surface area contributed by atoms with E-state index in [4.69, 9.17) is 10.5 Å². The molecule has 0 spiro atoms. The van der Waals surface area contributed by atoms with Crippen LogP contribution in [0.2, 0.25) is 0 Å². The minimum atomic E-state index is -0.159. The monoisotopic (exact) mass is 244 g/mol. The molecule has 3 nitrogen and oxygen atoms in total. The van der Waals surface area contributed by atoms with E-state index >= 15 is 0 Å².